The number of phosphoric acid groups is 1. The van der Waals surface area contributed by atoms with Crippen molar-refractivity contribution in [3.63, 3.8) is 0 Å². The SMILES string of the molecule is CCCCCC/C=C\C/C=C\CCCCCCCCCC(=O)OC(COCCCCCCCCCCCCCCC)COP(=O)(O)OCC(O)CO. The second kappa shape index (κ2) is 39.6. The van der Waals surface area contributed by atoms with E-state index in [1.807, 2.05) is 0 Å². The molecule has 3 N–H and O–H groups in total. The molecule has 0 aliphatic heterocycles. The molecule has 0 aromatic rings. The predicted octanol–water partition coefficient (Wildman–Crippen LogP) is 11.5. The van der Waals surface area contributed by atoms with Crippen LogP contribution in [0.1, 0.15) is 194 Å². The fourth-order valence-electron chi connectivity index (χ4n) is 5.86. The van der Waals surface area contributed by atoms with E-state index in [2.05, 4.69) is 38.2 Å². The number of rotatable bonds is 41. The van der Waals surface area contributed by atoms with E-state index in [1.54, 1.807) is 0 Å². The lowest BCUT2D eigenvalue weighted by atomic mass is 10.0. The molecule has 0 amide bonds. The second-order valence-electron chi connectivity index (χ2n) is 14.4. The number of carbonyl (C=O) groups is 1. The number of unbranched alkanes of at least 4 members (excludes halogenated alkanes) is 23. The van der Waals surface area contributed by atoms with E-state index in [1.165, 1.54) is 122 Å². The van der Waals surface area contributed by atoms with E-state index in [4.69, 9.17) is 23.6 Å². The van der Waals surface area contributed by atoms with Gasteiger partial charge in [0.2, 0.25) is 0 Å². The lowest BCUT2D eigenvalue weighted by Gasteiger charge is -2.20. The molecule has 0 aromatic carbocycles. The van der Waals surface area contributed by atoms with Crippen LogP contribution in [0.5, 0.6) is 0 Å². The van der Waals surface area contributed by atoms with Gasteiger partial charge in [-0.2, -0.15) is 0 Å². The van der Waals surface area contributed by atoms with Gasteiger partial charge in [0.15, 0.2) is 0 Å². The summed E-state index contributed by atoms with van der Waals surface area (Å²) in [4.78, 5) is 22.5. The Morgan fingerprint density at radius 3 is 1.56 bits per heavy atom. The third kappa shape index (κ3) is 38.7. The maximum absolute atomic E-state index is 12.6. The predicted molar refractivity (Wildman–Crippen MR) is 214 cm³/mol. The van der Waals surface area contributed by atoms with Crippen LogP contribution in [0.2, 0.25) is 0 Å². The quantitative estimate of drug-likeness (QED) is 0.0241. The fraction of sp³-hybridized carbons (Fsp3) is 0.881. The van der Waals surface area contributed by atoms with Gasteiger partial charge in [0.05, 0.1) is 26.4 Å². The van der Waals surface area contributed by atoms with E-state index in [9.17, 15) is 19.4 Å². The molecule has 52 heavy (non-hydrogen) atoms. The summed E-state index contributed by atoms with van der Waals surface area (Å²) in [5, 5.41) is 18.3. The van der Waals surface area contributed by atoms with Crippen LogP contribution in [0.15, 0.2) is 24.3 Å². The third-order valence-electron chi connectivity index (χ3n) is 9.14. The van der Waals surface area contributed by atoms with Gasteiger partial charge in [-0.1, -0.05) is 167 Å². The van der Waals surface area contributed by atoms with Crippen molar-refractivity contribution in [2.45, 2.75) is 206 Å². The van der Waals surface area contributed by atoms with Gasteiger partial charge in [0, 0.05) is 13.0 Å². The number of ether oxygens (including phenoxy) is 2. The van der Waals surface area contributed by atoms with Crippen molar-refractivity contribution in [3.05, 3.63) is 24.3 Å². The van der Waals surface area contributed by atoms with Crippen molar-refractivity contribution in [2.24, 2.45) is 0 Å². The number of hydrogen-bond donors (Lipinski definition) is 3. The molecule has 0 aliphatic carbocycles. The monoisotopic (exact) mass is 761 g/mol. The molecular weight excluding hydrogens is 679 g/mol. The molecule has 0 rings (SSSR count). The van der Waals surface area contributed by atoms with E-state index in [0.29, 0.717) is 6.61 Å². The maximum atomic E-state index is 12.6. The van der Waals surface area contributed by atoms with E-state index in [0.717, 1.165) is 51.4 Å². The number of aliphatic hydroxyl groups excluding tert-OH is 2. The Hall–Kier alpha value is -1.06. The third-order valence-corrected chi connectivity index (χ3v) is 10.1. The summed E-state index contributed by atoms with van der Waals surface area (Å²) in [6.45, 7) is 3.51. The molecule has 3 unspecified atom stereocenters. The van der Waals surface area contributed by atoms with Crippen LogP contribution in [0.25, 0.3) is 0 Å². The van der Waals surface area contributed by atoms with Gasteiger partial charge < -0.3 is 24.6 Å². The van der Waals surface area contributed by atoms with Crippen LogP contribution in [0.3, 0.4) is 0 Å². The summed E-state index contributed by atoms with van der Waals surface area (Å²) in [5.41, 5.74) is 0. The molecule has 0 saturated carbocycles. The highest BCUT2D eigenvalue weighted by Crippen LogP contribution is 2.43. The maximum Gasteiger partial charge on any atom is 0.472 e. The summed E-state index contributed by atoms with van der Waals surface area (Å²) < 4.78 is 33.3. The molecule has 0 radical (unpaired) electrons. The summed E-state index contributed by atoms with van der Waals surface area (Å²) in [6, 6.07) is 0. The van der Waals surface area contributed by atoms with Crippen LogP contribution in [-0.4, -0.2) is 66.3 Å². The first kappa shape index (κ1) is 50.9. The Morgan fingerprint density at radius 2 is 1.04 bits per heavy atom. The zero-order chi connectivity index (χ0) is 38.2. The summed E-state index contributed by atoms with van der Waals surface area (Å²) >= 11 is 0. The van der Waals surface area contributed by atoms with Crippen molar-refractivity contribution in [1.29, 1.82) is 0 Å². The van der Waals surface area contributed by atoms with Crippen LogP contribution < -0.4 is 0 Å². The first-order valence-electron chi connectivity index (χ1n) is 21.3. The van der Waals surface area contributed by atoms with E-state index in [-0.39, 0.29) is 25.6 Å². The first-order valence-corrected chi connectivity index (χ1v) is 22.8. The van der Waals surface area contributed by atoms with E-state index < -0.39 is 33.2 Å². The average Bonchev–Trinajstić information content (AvgIpc) is 3.13. The van der Waals surface area contributed by atoms with Crippen molar-refractivity contribution in [3.8, 4) is 0 Å². The molecule has 0 heterocycles. The number of allylic oxidation sites excluding steroid dienone is 4. The van der Waals surface area contributed by atoms with Crippen molar-refractivity contribution < 1.29 is 43.0 Å². The lowest BCUT2D eigenvalue weighted by Crippen LogP contribution is -2.29. The minimum absolute atomic E-state index is 0.0499. The molecular formula is C42H81O9P. The number of carbonyl (C=O) groups excluding carboxylic acids is 1. The summed E-state index contributed by atoms with van der Waals surface area (Å²) in [7, 11) is -4.51. The number of esters is 1. The standard InChI is InChI=1S/C42H81O9P/c1-3-5-7-9-11-13-15-17-18-19-20-21-22-24-26-28-30-32-34-42(45)51-41(39-50-52(46,47)49-37-40(44)36-43)38-48-35-33-31-29-27-25-23-16-14-12-10-8-6-4-2/h13,15,18-19,40-41,43-44H,3-12,14,16-17,20-39H2,1-2H3,(H,46,47)/b15-13-,19-18-. The highest BCUT2D eigenvalue weighted by molar-refractivity contribution is 7.47. The number of phosphoric ester groups is 1. The molecule has 0 spiro atoms. The Bertz CT molecular complexity index is 866. The molecule has 0 saturated heterocycles. The Balaban J connectivity index is 4.17. The van der Waals surface area contributed by atoms with Gasteiger partial charge >= 0.3 is 13.8 Å². The minimum Gasteiger partial charge on any atom is -0.457 e. The zero-order valence-corrected chi connectivity index (χ0v) is 34.4. The number of aliphatic hydroxyl groups is 2. The topological polar surface area (TPSA) is 132 Å². The van der Waals surface area contributed by atoms with Crippen LogP contribution in [0, 0.1) is 0 Å². The average molecular weight is 761 g/mol. The second-order valence-corrected chi connectivity index (χ2v) is 15.8. The molecule has 9 nitrogen and oxygen atoms in total. The van der Waals surface area contributed by atoms with Gasteiger partial charge in [0.1, 0.15) is 12.2 Å². The first-order chi connectivity index (χ1) is 25.3. The van der Waals surface area contributed by atoms with Gasteiger partial charge in [-0.05, 0) is 44.9 Å². The summed E-state index contributed by atoms with van der Waals surface area (Å²) in [6.07, 6.45) is 39.8. The van der Waals surface area contributed by atoms with Gasteiger partial charge in [-0.15, -0.1) is 0 Å². The Kier molecular flexibility index (Phi) is 38.8. The van der Waals surface area contributed by atoms with Gasteiger partial charge in [-0.25, -0.2) is 4.57 Å². The van der Waals surface area contributed by atoms with Crippen molar-refractivity contribution in [1.82, 2.24) is 0 Å². The van der Waals surface area contributed by atoms with Crippen molar-refractivity contribution >= 4 is 13.8 Å². The zero-order valence-electron chi connectivity index (χ0n) is 33.5. The van der Waals surface area contributed by atoms with Crippen LogP contribution >= 0.6 is 7.82 Å². The smallest absolute Gasteiger partial charge is 0.457 e. The van der Waals surface area contributed by atoms with Gasteiger partial charge in [-0.3, -0.25) is 13.8 Å². The minimum atomic E-state index is -4.51. The number of hydrogen-bond acceptors (Lipinski definition) is 8. The molecule has 308 valence electrons. The summed E-state index contributed by atoms with van der Waals surface area (Å²) in [5.74, 6) is -0.388. The molecule has 0 aliphatic rings. The highest BCUT2D eigenvalue weighted by Gasteiger charge is 2.26. The van der Waals surface area contributed by atoms with E-state index >= 15 is 0 Å². The Labute approximate surface area is 319 Å². The normalized spacial score (nSPS) is 14.3. The van der Waals surface area contributed by atoms with Crippen LogP contribution in [0.4, 0.5) is 0 Å². The molecule has 0 bridgehead atoms. The van der Waals surface area contributed by atoms with Crippen LogP contribution in [-0.2, 0) is 27.9 Å². The largest absolute Gasteiger partial charge is 0.472 e. The molecule has 3 atom stereocenters. The van der Waals surface area contributed by atoms with Crippen molar-refractivity contribution in [2.75, 3.05) is 33.0 Å². The Morgan fingerprint density at radius 1 is 0.596 bits per heavy atom. The highest BCUT2D eigenvalue weighted by atomic mass is 31.2. The molecule has 0 aromatic heterocycles. The molecule has 0 fully saturated rings. The molecule has 10 heteroatoms. The lowest BCUT2D eigenvalue weighted by molar-refractivity contribution is -0.154. The fourth-order valence-corrected chi connectivity index (χ4v) is 6.65. The van der Waals surface area contributed by atoms with Gasteiger partial charge in [0.25, 0.3) is 0 Å².